The van der Waals surface area contributed by atoms with Gasteiger partial charge in [-0.25, -0.2) is 0 Å². The maximum Gasteiger partial charge on any atom is 0.120 e. The zero-order chi connectivity index (χ0) is 13.8. The molecule has 2 aromatic carbocycles. The third kappa shape index (κ3) is 2.62. The molecule has 0 radical (unpaired) electrons. The summed E-state index contributed by atoms with van der Waals surface area (Å²) >= 11 is 0. The van der Waals surface area contributed by atoms with E-state index in [0.717, 1.165) is 29.4 Å². The van der Waals surface area contributed by atoms with Gasteiger partial charge < -0.3 is 10.4 Å². The number of fused-ring (bicyclic) bond motifs is 1. The minimum Gasteiger partial charge on any atom is -0.508 e. The number of aromatic nitrogens is 3. The molecule has 0 aliphatic rings. The fraction of sp³-hybridized carbons (Fsp3) is 0.200. The quantitative estimate of drug-likeness (QED) is 0.694. The Bertz CT molecular complexity index is 694. The van der Waals surface area contributed by atoms with E-state index in [9.17, 15) is 5.11 Å². The van der Waals surface area contributed by atoms with Gasteiger partial charge in [-0.15, -0.1) is 5.10 Å². The van der Waals surface area contributed by atoms with E-state index in [-0.39, 0.29) is 0 Å². The highest BCUT2D eigenvalue weighted by atomic mass is 16.3. The highest BCUT2D eigenvalue weighted by molar-refractivity contribution is 5.87. The molecule has 0 spiro atoms. The molecule has 0 aliphatic carbocycles. The number of rotatable bonds is 5. The highest BCUT2D eigenvalue weighted by Gasteiger charge is 2.06. The Morgan fingerprint density at radius 2 is 2.05 bits per heavy atom. The number of aromatic hydroxyl groups is 1. The van der Waals surface area contributed by atoms with Gasteiger partial charge in [-0.3, -0.25) is 4.68 Å². The lowest BCUT2D eigenvalue weighted by Gasteiger charge is -2.10. The molecule has 0 unspecified atom stereocenters. The number of phenolic OH excluding ortho intramolecular Hbond substituents is 1. The van der Waals surface area contributed by atoms with Crippen LogP contribution in [0.15, 0.2) is 48.8 Å². The van der Waals surface area contributed by atoms with E-state index in [1.807, 2.05) is 36.5 Å². The number of hydrogen-bond acceptors (Lipinski definition) is 4. The Labute approximate surface area is 116 Å². The predicted molar refractivity (Wildman–Crippen MR) is 77.3 cm³/mol. The molecule has 0 saturated heterocycles. The first-order valence-corrected chi connectivity index (χ1v) is 6.59. The molecular weight excluding hydrogens is 252 g/mol. The van der Waals surface area contributed by atoms with E-state index < -0.39 is 0 Å². The normalized spacial score (nSPS) is 11.0. The van der Waals surface area contributed by atoms with Crippen molar-refractivity contribution in [3.63, 3.8) is 0 Å². The van der Waals surface area contributed by atoms with Crippen LogP contribution in [0.4, 0.5) is 0 Å². The Balaban J connectivity index is 1.69. The molecule has 0 bridgehead atoms. The fourth-order valence-electron chi connectivity index (χ4n) is 2.27. The lowest BCUT2D eigenvalue weighted by atomic mass is 10.0. The van der Waals surface area contributed by atoms with E-state index >= 15 is 0 Å². The van der Waals surface area contributed by atoms with E-state index in [0.29, 0.717) is 12.3 Å². The Hall–Kier alpha value is -2.40. The number of hydrogen-bond donors (Lipinski definition) is 2. The third-order valence-electron chi connectivity index (χ3n) is 3.31. The van der Waals surface area contributed by atoms with Gasteiger partial charge in [0, 0.05) is 24.8 Å². The van der Waals surface area contributed by atoms with Crippen molar-refractivity contribution in [3.05, 3.63) is 54.4 Å². The summed E-state index contributed by atoms with van der Waals surface area (Å²) in [5.74, 6) is 0.331. The lowest BCUT2D eigenvalue weighted by molar-refractivity contribution is 0.463. The lowest BCUT2D eigenvalue weighted by Crippen LogP contribution is -2.20. The van der Waals surface area contributed by atoms with Crippen LogP contribution in [0.2, 0.25) is 0 Å². The summed E-state index contributed by atoms with van der Waals surface area (Å²) in [5, 5.41) is 23.2. The molecule has 0 atom stereocenters. The summed E-state index contributed by atoms with van der Waals surface area (Å²) in [6, 6.07) is 11.7. The highest BCUT2D eigenvalue weighted by Crippen LogP contribution is 2.26. The Morgan fingerprint density at radius 1 is 1.15 bits per heavy atom. The Morgan fingerprint density at radius 3 is 2.90 bits per heavy atom. The fourth-order valence-corrected chi connectivity index (χ4v) is 2.27. The van der Waals surface area contributed by atoms with Crippen LogP contribution in [0.5, 0.6) is 5.75 Å². The smallest absolute Gasteiger partial charge is 0.120 e. The topological polar surface area (TPSA) is 63.0 Å². The molecule has 2 N–H and O–H groups in total. The molecule has 1 aromatic heterocycles. The first-order chi connectivity index (χ1) is 9.84. The van der Waals surface area contributed by atoms with Gasteiger partial charge in [0.25, 0.3) is 0 Å². The summed E-state index contributed by atoms with van der Waals surface area (Å²) in [7, 11) is 0. The van der Waals surface area contributed by atoms with Crippen molar-refractivity contribution in [1.29, 1.82) is 0 Å². The zero-order valence-electron chi connectivity index (χ0n) is 11.0. The number of benzene rings is 2. The standard InChI is InChI=1S/C15H16N4O/c20-15-6-5-12-3-1-2-4-13(12)14(15)11-16-7-9-19-10-8-17-18-19/h1-6,8,10,16,20H,7,9,11H2. The van der Waals surface area contributed by atoms with E-state index in [1.165, 1.54) is 0 Å². The summed E-state index contributed by atoms with van der Waals surface area (Å²) in [6.45, 7) is 2.15. The SMILES string of the molecule is Oc1ccc2ccccc2c1CNCCn1ccnn1. The van der Waals surface area contributed by atoms with Crippen LogP contribution in [0.3, 0.4) is 0 Å². The third-order valence-corrected chi connectivity index (χ3v) is 3.31. The van der Waals surface area contributed by atoms with Gasteiger partial charge in [-0.1, -0.05) is 35.5 Å². The second-order valence-electron chi connectivity index (χ2n) is 4.63. The predicted octanol–water partition coefficient (Wildman–Crippen LogP) is 1.93. The minimum atomic E-state index is 0.331. The van der Waals surface area contributed by atoms with Gasteiger partial charge in [0.15, 0.2) is 0 Å². The molecule has 0 fully saturated rings. The van der Waals surface area contributed by atoms with Crippen molar-refractivity contribution in [2.45, 2.75) is 13.1 Å². The first-order valence-electron chi connectivity index (χ1n) is 6.59. The molecular formula is C15H16N4O. The van der Waals surface area contributed by atoms with Gasteiger partial charge in [0.2, 0.25) is 0 Å². The zero-order valence-corrected chi connectivity index (χ0v) is 11.0. The van der Waals surface area contributed by atoms with Crippen LogP contribution in [0, 0.1) is 0 Å². The molecule has 3 aromatic rings. The van der Waals surface area contributed by atoms with E-state index in [1.54, 1.807) is 16.9 Å². The largest absolute Gasteiger partial charge is 0.508 e. The molecule has 0 aliphatic heterocycles. The number of nitrogens with one attached hydrogen (secondary N) is 1. The molecule has 20 heavy (non-hydrogen) atoms. The van der Waals surface area contributed by atoms with Crippen LogP contribution >= 0.6 is 0 Å². The first kappa shape index (κ1) is 12.6. The Kier molecular flexibility index (Phi) is 3.60. The monoisotopic (exact) mass is 268 g/mol. The minimum absolute atomic E-state index is 0.331. The van der Waals surface area contributed by atoms with Gasteiger partial charge in [-0.05, 0) is 16.8 Å². The maximum atomic E-state index is 10.0. The van der Waals surface area contributed by atoms with Crippen LogP contribution in [0.25, 0.3) is 10.8 Å². The van der Waals surface area contributed by atoms with Crippen molar-refractivity contribution in [3.8, 4) is 5.75 Å². The summed E-state index contributed by atoms with van der Waals surface area (Å²) < 4.78 is 1.77. The molecule has 102 valence electrons. The number of nitrogens with zero attached hydrogens (tertiary/aromatic N) is 3. The van der Waals surface area contributed by atoms with Crippen molar-refractivity contribution >= 4 is 10.8 Å². The maximum absolute atomic E-state index is 10.0. The average Bonchev–Trinajstić information content (AvgIpc) is 2.98. The molecule has 3 rings (SSSR count). The van der Waals surface area contributed by atoms with Crippen LogP contribution in [-0.4, -0.2) is 26.6 Å². The van der Waals surface area contributed by atoms with Crippen molar-refractivity contribution in [1.82, 2.24) is 20.3 Å². The second kappa shape index (κ2) is 5.71. The van der Waals surface area contributed by atoms with Crippen molar-refractivity contribution in [2.24, 2.45) is 0 Å². The molecule has 5 heteroatoms. The molecule has 1 heterocycles. The van der Waals surface area contributed by atoms with Gasteiger partial charge >= 0.3 is 0 Å². The second-order valence-corrected chi connectivity index (χ2v) is 4.63. The van der Waals surface area contributed by atoms with Crippen LogP contribution in [0.1, 0.15) is 5.56 Å². The average molecular weight is 268 g/mol. The summed E-state index contributed by atoms with van der Waals surface area (Å²) in [5.41, 5.74) is 0.932. The van der Waals surface area contributed by atoms with Gasteiger partial charge in [-0.2, -0.15) is 0 Å². The summed E-state index contributed by atoms with van der Waals surface area (Å²) in [6.07, 6.45) is 3.49. The molecule has 5 nitrogen and oxygen atoms in total. The van der Waals surface area contributed by atoms with Crippen LogP contribution < -0.4 is 5.32 Å². The number of phenols is 1. The summed E-state index contributed by atoms with van der Waals surface area (Å²) in [4.78, 5) is 0. The van der Waals surface area contributed by atoms with E-state index in [4.69, 9.17) is 0 Å². The van der Waals surface area contributed by atoms with Crippen molar-refractivity contribution < 1.29 is 5.11 Å². The molecule has 0 amide bonds. The molecule has 0 saturated carbocycles. The van der Waals surface area contributed by atoms with E-state index in [2.05, 4.69) is 15.6 Å². The van der Waals surface area contributed by atoms with Crippen LogP contribution in [-0.2, 0) is 13.1 Å². The van der Waals surface area contributed by atoms with Crippen molar-refractivity contribution in [2.75, 3.05) is 6.54 Å². The van der Waals surface area contributed by atoms with Gasteiger partial charge in [0.1, 0.15) is 5.75 Å². The van der Waals surface area contributed by atoms with Gasteiger partial charge in [0.05, 0.1) is 12.7 Å².